The summed E-state index contributed by atoms with van der Waals surface area (Å²) in [7, 11) is 1.77. The van der Waals surface area contributed by atoms with Crippen molar-refractivity contribution in [1.82, 2.24) is 10.2 Å². The molecule has 1 fully saturated rings. The number of furan rings is 1. The number of amides is 2. The van der Waals surface area contributed by atoms with Crippen LogP contribution in [0.5, 0.6) is 0 Å². The Morgan fingerprint density at radius 3 is 2.68 bits per heavy atom. The lowest BCUT2D eigenvalue weighted by Gasteiger charge is -2.32. The Morgan fingerprint density at radius 2 is 2.04 bits per heavy atom. The second-order valence-corrected chi connectivity index (χ2v) is 6.36. The molecule has 0 bridgehead atoms. The molecule has 1 aliphatic carbocycles. The van der Waals surface area contributed by atoms with E-state index in [0.29, 0.717) is 0 Å². The van der Waals surface area contributed by atoms with E-state index < -0.39 is 12.1 Å². The van der Waals surface area contributed by atoms with Crippen molar-refractivity contribution in [1.29, 1.82) is 0 Å². The van der Waals surface area contributed by atoms with Gasteiger partial charge in [-0.3, -0.25) is 14.4 Å². The Labute approximate surface area is 147 Å². The van der Waals surface area contributed by atoms with Crippen molar-refractivity contribution < 1.29 is 23.5 Å². The van der Waals surface area contributed by atoms with Gasteiger partial charge in [0, 0.05) is 19.6 Å². The van der Waals surface area contributed by atoms with Crippen LogP contribution < -0.4 is 5.32 Å². The minimum atomic E-state index is -0.819. The zero-order valence-corrected chi connectivity index (χ0v) is 14.8. The number of likely N-dealkylation sites (N-methyl/N-ethyl adjacent to an activating group) is 1. The van der Waals surface area contributed by atoms with Gasteiger partial charge < -0.3 is 19.4 Å². The Kier molecular flexibility index (Phi) is 7.03. The molecular weight excluding hydrogens is 324 g/mol. The largest absolute Gasteiger partial charge is 0.459 e. The van der Waals surface area contributed by atoms with Gasteiger partial charge in [0.25, 0.3) is 11.8 Å². The third kappa shape index (κ3) is 5.62. The molecule has 1 N–H and O–H groups in total. The van der Waals surface area contributed by atoms with E-state index in [1.54, 1.807) is 24.9 Å². The first-order chi connectivity index (χ1) is 12.0. The molecule has 7 nitrogen and oxygen atoms in total. The van der Waals surface area contributed by atoms with Crippen LogP contribution >= 0.6 is 0 Å². The predicted molar refractivity (Wildman–Crippen MR) is 90.9 cm³/mol. The normalized spacial score (nSPS) is 16.1. The highest BCUT2D eigenvalue weighted by molar-refractivity contribution is 5.91. The zero-order chi connectivity index (χ0) is 18.2. The van der Waals surface area contributed by atoms with Gasteiger partial charge in [-0.05, 0) is 31.9 Å². The van der Waals surface area contributed by atoms with Crippen LogP contribution in [0.1, 0.15) is 56.0 Å². The molecular formula is C18H26N2O5. The third-order valence-electron chi connectivity index (χ3n) is 4.49. The Bertz CT molecular complexity index is 578. The van der Waals surface area contributed by atoms with Crippen molar-refractivity contribution >= 4 is 17.8 Å². The van der Waals surface area contributed by atoms with E-state index >= 15 is 0 Å². The number of rotatable bonds is 7. The van der Waals surface area contributed by atoms with Crippen molar-refractivity contribution in [3.8, 4) is 0 Å². The van der Waals surface area contributed by atoms with E-state index in [0.717, 1.165) is 25.7 Å². The zero-order valence-electron chi connectivity index (χ0n) is 14.8. The fourth-order valence-corrected chi connectivity index (χ4v) is 3.01. The molecule has 1 heterocycles. The number of carbonyl (C=O) groups excluding carboxylic acids is 3. The maximum absolute atomic E-state index is 12.4. The van der Waals surface area contributed by atoms with Crippen molar-refractivity contribution in [3.63, 3.8) is 0 Å². The van der Waals surface area contributed by atoms with E-state index in [-0.39, 0.29) is 36.6 Å². The summed E-state index contributed by atoms with van der Waals surface area (Å²) in [5.74, 6) is -0.900. The number of hydrogen-bond acceptors (Lipinski definition) is 5. The number of hydrogen-bond donors (Lipinski definition) is 1. The second-order valence-electron chi connectivity index (χ2n) is 6.36. The molecule has 7 heteroatoms. The molecule has 0 saturated heterocycles. The van der Waals surface area contributed by atoms with Crippen LogP contribution in [-0.4, -0.2) is 48.4 Å². The molecule has 0 aromatic carbocycles. The van der Waals surface area contributed by atoms with E-state index in [9.17, 15) is 14.4 Å². The van der Waals surface area contributed by atoms with Gasteiger partial charge in [-0.25, -0.2) is 0 Å². The van der Waals surface area contributed by atoms with Gasteiger partial charge in [-0.15, -0.1) is 0 Å². The maximum atomic E-state index is 12.4. The van der Waals surface area contributed by atoms with Crippen molar-refractivity contribution in [3.05, 3.63) is 24.2 Å². The summed E-state index contributed by atoms with van der Waals surface area (Å²) in [5, 5.41) is 2.56. The molecule has 25 heavy (non-hydrogen) atoms. The fourth-order valence-electron chi connectivity index (χ4n) is 3.01. The highest BCUT2D eigenvalue weighted by atomic mass is 16.5. The molecule has 1 aromatic rings. The molecule has 1 aromatic heterocycles. The van der Waals surface area contributed by atoms with E-state index in [1.807, 2.05) is 0 Å². The molecule has 2 rings (SSSR count). The van der Waals surface area contributed by atoms with Gasteiger partial charge >= 0.3 is 5.97 Å². The molecule has 0 spiro atoms. The standard InChI is InChI=1S/C18H26N2O5/c1-13(18(23)20(2)14-7-4-3-5-8-14)25-16(21)10-11-19-17(22)15-9-6-12-24-15/h6,9,12-14H,3-5,7-8,10-11H2,1-2H3,(H,19,22)/t13-/m0/s1. The van der Waals surface area contributed by atoms with Crippen LogP contribution in [0.15, 0.2) is 22.8 Å². The van der Waals surface area contributed by atoms with E-state index in [4.69, 9.17) is 9.15 Å². The highest BCUT2D eigenvalue weighted by Crippen LogP contribution is 2.22. The highest BCUT2D eigenvalue weighted by Gasteiger charge is 2.27. The monoisotopic (exact) mass is 350 g/mol. The summed E-state index contributed by atoms with van der Waals surface area (Å²) in [5.41, 5.74) is 0. The van der Waals surface area contributed by atoms with Crippen LogP contribution in [0.3, 0.4) is 0 Å². The first-order valence-corrected chi connectivity index (χ1v) is 8.77. The Hall–Kier alpha value is -2.31. The van der Waals surface area contributed by atoms with Crippen molar-refractivity contribution in [2.45, 2.75) is 57.6 Å². The maximum Gasteiger partial charge on any atom is 0.308 e. The smallest absolute Gasteiger partial charge is 0.308 e. The Morgan fingerprint density at radius 1 is 1.32 bits per heavy atom. The van der Waals surface area contributed by atoms with Crippen LogP contribution in [0.4, 0.5) is 0 Å². The SMILES string of the molecule is C[C@H](OC(=O)CCNC(=O)c1ccco1)C(=O)N(C)C1CCCCC1. The summed E-state index contributed by atoms with van der Waals surface area (Å²) in [6.45, 7) is 1.71. The molecule has 0 unspecified atom stereocenters. The predicted octanol–water partition coefficient (Wildman–Crippen LogP) is 2.12. The number of ether oxygens (including phenoxy) is 1. The number of nitrogens with one attached hydrogen (secondary N) is 1. The van der Waals surface area contributed by atoms with Gasteiger partial charge in [0.1, 0.15) is 0 Å². The molecule has 1 saturated carbocycles. The summed E-state index contributed by atoms with van der Waals surface area (Å²) < 4.78 is 10.1. The molecule has 1 aliphatic rings. The van der Waals surface area contributed by atoms with Gasteiger partial charge in [-0.2, -0.15) is 0 Å². The van der Waals surface area contributed by atoms with Crippen molar-refractivity contribution in [2.24, 2.45) is 0 Å². The van der Waals surface area contributed by atoms with Crippen LogP contribution in [0.2, 0.25) is 0 Å². The quantitative estimate of drug-likeness (QED) is 0.761. The van der Waals surface area contributed by atoms with Crippen LogP contribution in [0, 0.1) is 0 Å². The van der Waals surface area contributed by atoms with Crippen molar-refractivity contribution in [2.75, 3.05) is 13.6 Å². The van der Waals surface area contributed by atoms with Crippen LogP contribution in [-0.2, 0) is 14.3 Å². The molecule has 2 amide bonds. The first-order valence-electron chi connectivity index (χ1n) is 8.77. The minimum Gasteiger partial charge on any atom is -0.459 e. The molecule has 0 aliphatic heterocycles. The molecule has 1 atom stereocenters. The van der Waals surface area contributed by atoms with Gasteiger partial charge in [0.05, 0.1) is 12.7 Å². The van der Waals surface area contributed by atoms with E-state index in [2.05, 4.69) is 5.32 Å². The second kappa shape index (κ2) is 9.25. The average molecular weight is 350 g/mol. The van der Waals surface area contributed by atoms with Crippen LogP contribution in [0.25, 0.3) is 0 Å². The number of esters is 1. The summed E-state index contributed by atoms with van der Waals surface area (Å²) >= 11 is 0. The molecule has 138 valence electrons. The van der Waals surface area contributed by atoms with E-state index in [1.165, 1.54) is 18.8 Å². The fraction of sp³-hybridized carbons (Fsp3) is 0.611. The minimum absolute atomic E-state index is 0.00277. The van der Waals surface area contributed by atoms with Gasteiger partial charge in [0.15, 0.2) is 11.9 Å². The Balaban J connectivity index is 1.69. The lowest BCUT2D eigenvalue weighted by molar-refractivity contribution is -0.159. The third-order valence-corrected chi connectivity index (χ3v) is 4.49. The summed E-state index contributed by atoms with van der Waals surface area (Å²) in [6.07, 6.45) is 6.06. The summed E-state index contributed by atoms with van der Waals surface area (Å²) in [6, 6.07) is 3.38. The number of nitrogens with zero attached hydrogens (tertiary/aromatic N) is 1. The lowest BCUT2D eigenvalue weighted by Crippen LogP contribution is -2.44. The van der Waals surface area contributed by atoms with Gasteiger partial charge in [-0.1, -0.05) is 19.3 Å². The lowest BCUT2D eigenvalue weighted by atomic mass is 9.94. The van der Waals surface area contributed by atoms with Gasteiger partial charge in [0.2, 0.25) is 0 Å². The molecule has 0 radical (unpaired) electrons. The first kappa shape index (κ1) is 19.0. The average Bonchev–Trinajstić information content (AvgIpc) is 3.15. The number of carbonyl (C=O) groups is 3. The summed E-state index contributed by atoms with van der Waals surface area (Å²) in [4.78, 5) is 37.6. The topological polar surface area (TPSA) is 88.8 Å².